The molecule has 10 nitrogen and oxygen atoms in total. The number of hydrogen-bond acceptors (Lipinski definition) is 7. The zero-order valence-corrected chi connectivity index (χ0v) is 23.1. The first kappa shape index (κ1) is 27.6. The van der Waals surface area contributed by atoms with Crippen LogP contribution in [0.3, 0.4) is 0 Å². The first-order chi connectivity index (χ1) is 19.8. The number of carbonyl (C=O) groups is 2. The Balaban J connectivity index is 1.56. The van der Waals surface area contributed by atoms with E-state index in [2.05, 4.69) is 15.6 Å². The van der Waals surface area contributed by atoms with E-state index in [4.69, 9.17) is 9.47 Å². The maximum absolute atomic E-state index is 13.8. The number of nitro groups is 1. The number of ether oxygens (including phenoxy) is 2. The standard InChI is InChI=1S/C31H30N4O6/c1-18-8-7-15-32-30(18)34-31(37)27-19(2)33-22-9-6-11-24(36)29(22)28(27)20-13-14-25(40-3)21(16-20)17-41-26-12-5-4-10-23(26)35(38)39/h4-5,7-8,10,12-16,28,33H,6,9,11,17H2,1-3H3,(H,32,34,37)/p+1. The number of aromatic nitrogens is 1. The number of amides is 1. The minimum atomic E-state index is -0.626. The highest BCUT2D eigenvalue weighted by atomic mass is 16.6. The molecular weight excluding hydrogens is 524 g/mol. The molecule has 0 saturated carbocycles. The van der Waals surface area contributed by atoms with E-state index in [1.54, 1.807) is 24.4 Å². The number of nitro benzene ring substituents is 1. The number of Topliss-reactive ketones (excluding diaryl/α,β-unsaturated/α-hetero) is 1. The monoisotopic (exact) mass is 555 g/mol. The van der Waals surface area contributed by atoms with E-state index in [0.29, 0.717) is 46.8 Å². The van der Waals surface area contributed by atoms with Crippen LogP contribution in [0.25, 0.3) is 0 Å². The van der Waals surface area contributed by atoms with Crippen LogP contribution in [0.5, 0.6) is 11.5 Å². The van der Waals surface area contributed by atoms with Crippen LogP contribution in [0.15, 0.2) is 83.3 Å². The number of H-pyrrole nitrogens is 1. The van der Waals surface area contributed by atoms with Gasteiger partial charge < -0.3 is 14.8 Å². The van der Waals surface area contributed by atoms with Crippen molar-refractivity contribution in [2.75, 3.05) is 12.4 Å². The fourth-order valence-corrected chi connectivity index (χ4v) is 5.43. The van der Waals surface area contributed by atoms with Crippen molar-refractivity contribution >= 4 is 23.2 Å². The van der Waals surface area contributed by atoms with Gasteiger partial charge in [-0.05, 0) is 62.6 Å². The molecule has 3 N–H and O–H groups in total. The van der Waals surface area contributed by atoms with Gasteiger partial charge in [-0.15, -0.1) is 0 Å². The predicted molar refractivity (Wildman–Crippen MR) is 151 cm³/mol. The number of rotatable bonds is 8. The molecule has 2 aliphatic rings. The number of pyridine rings is 1. The summed E-state index contributed by atoms with van der Waals surface area (Å²) >= 11 is 0. The van der Waals surface area contributed by atoms with Crippen LogP contribution in [0, 0.1) is 17.0 Å². The van der Waals surface area contributed by atoms with Gasteiger partial charge in [0.15, 0.2) is 11.5 Å². The van der Waals surface area contributed by atoms with Crippen LogP contribution in [0.4, 0.5) is 11.5 Å². The van der Waals surface area contributed by atoms with Gasteiger partial charge in [0.2, 0.25) is 0 Å². The van der Waals surface area contributed by atoms with E-state index in [-0.39, 0.29) is 29.7 Å². The zero-order chi connectivity index (χ0) is 29.1. The van der Waals surface area contributed by atoms with Crippen molar-refractivity contribution < 1.29 is 29.0 Å². The highest BCUT2D eigenvalue weighted by Gasteiger charge is 2.40. The number of dihydropyridines is 1. The number of aryl methyl sites for hydroxylation is 1. The summed E-state index contributed by atoms with van der Waals surface area (Å²) in [6.07, 6.45) is 3.58. The third-order valence-electron chi connectivity index (χ3n) is 7.41. The van der Waals surface area contributed by atoms with E-state index >= 15 is 0 Å². The summed E-state index contributed by atoms with van der Waals surface area (Å²) < 4.78 is 11.4. The molecule has 0 spiro atoms. The molecule has 1 unspecified atom stereocenters. The summed E-state index contributed by atoms with van der Waals surface area (Å²) in [4.78, 5) is 41.2. The first-order valence-electron chi connectivity index (χ1n) is 13.3. The maximum Gasteiger partial charge on any atom is 0.337 e. The molecule has 1 aliphatic heterocycles. The van der Waals surface area contributed by atoms with Crippen LogP contribution in [0.2, 0.25) is 0 Å². The molecule has 0 bridgehead atoms. The number of nitrogens with one attached hydrogen (secondary N) is 3. The Morgan fingerprint density at radius 1 is 1.12 bits per heavy atom. The number of aromatic amines is 1. The van der Waals surface area contributed by atoms with Crippen LogP contribution < -0.4 is 25.1 Å². The molecule has 2 heterocycles. The molecule has 0 radical (unpaired) electrons. The number of hydrogen-bond donors (Lipinski definition) is 2. The van der Waals surface area contributed by atoms with Crippen molar-refractivity contribution in [1.29, 1.82) is 0 Å². The molecule has 41 heavy (non-hydrogen) atoms. The van der Waals surface area contributed by atoms with Gasteiger partial charge in [0, 0.05) is 46.5 Å². The molecule has 1 aromatic heterocycles. The fraction of sp³-hybridized carbons (Fsp3) is 0.258. The van der Waals surface area contributed by atoms with E-state index in [1.165, 1.54) is 19.2 Å². The number of carbonyl (C=O) groups excluding carboxylic acids is 2. The molecule has 3 aromatic rings. The van der Waals surface area contributed by atoms with Crippen LogP contribution in [-0.4, -0.2) is 23.7 Å². The minimum absolute atomic E-state index is 0.00228. The number of methoxy groups -OCH3 is 1. The Morgan fingerprint density at radius 3 is 2.68 bits per heavy atom. The Labute approximate surface area is 237 Å². The van der Waals surface area contributed by atoms with Gasteiger partial charge in [-0.3, -0.25) is 14.9 Å². The number of anilines is 1. The lowest BCUT2D eigenvalue weighted by molar-refractivity contribution is -0.385. The lowest BCUT2D eigenvalue weighted by atomic mass is 9.74. The third kappa shape index (κ3) is 5.54. The van der Waals surface area contributed by atoms with Gasteiger partial charge >= 0.3 is 11.6 Å². The van der Waals surface area contributed by atoms with Gasteiger partial charge in [0.1, 0.15) is 12.4 Å². The zero-order valence-electron chi connectivity index (χ0n) is 23.1. The Bertz CT molecular complexity index is 1610. The number of ketones is 1. The Morgan fingerprint density at radius 2 is 1.93 bits per heavy atom. The van der Waals surface area contributed by atoms with Crippen molar-refractivity contribution in [2.45, 2.75) is 45.6 Å². The van der Waals surface area contributed by atoms with Crippen LogP contribution in [-0.2, 0) is 16.2 Å². The van der Waals surface area contributed by atoms with Gasteiger partial charge in [0.25, 0.3) is 5.82 Å². The summed E-state index contributed by atoms with van der Waals surface area (Å²) in [7, 11) is 1.53. The van der Waals surface area contributed by atoms with Gasteiger partial charge in [-0.1, -0.05) is 18.2 Å². The molecule has 5 rings (SSSR count). The second-order valence-electron chi connectivity index (χ2n) is 10.0. The molecule has 210 valence electrons. The quantitative estimate of drug-likeness (QED) is 0.298. The molecule has 1 amide bonds. The highest BCUT2D eigenvalue weighted by Crippen LogP contribution is 2.43. The highest BCUT2D eigenvalue weighted by molar-refractivity contribution is 6.09. The maximum atomic E-state index is 13.8. The van der Waals surface area contributed by atoms with Crippen LogP contribution >= 0.6 is 0 Å². The molecule has 2 aromatic carbocycles. The van der Waals surface area contributed by atoms with Crippen molar-refractivity contribution in [1.82, 2.24) is 5.32 Å². The topological polar surface area (TPSA) is 134 Å². The Hall–Kier alpha value is -4.99. The minimum Gasteiger partial charge on any atom is -0.496 e. The number of nitrogens with zero attached hydrogens (tertiary/aromatic N) is 1. The first-order valence-corrected chi connectivity index (χ1v) is 13.3. The largest absolute Gasteiger partial charge is 0.496 e. The smallest absolute Gasteiger partial charge is 0.337 e. The van der Waals surface area contributed by atoms with E-state index in [0.717, 1.165) is 23.2 Å². The SMILES string of the molecule is COc1ccc(C2C(C(=O)Nc3[nH+]cccc3C)=C(C)NC3=C2C(=O)CCC3)cc1COc1ccccc1[N+](=O)[O-]. The fourth-order valence-electron chi connectivity index (χ4n) is 5.43. The van der Waals surface area contributed by atoms with Crippen LogP contribution in [0.1, 0.15) is 48.8 Å². The molecule has 1 aliphatic carbocycles. The normalized spacial score (nSPS) is 16.6. The van der Waals surface area contributed by atoms with Gasteiger partial charge in [-0.25, -0.2) is 15.1 Å². The van der Waals surface area contributed by atoms with E-state index < -0.39 is 10.8 Å². The number of benzene rings is 2. The molecule has 10 heteroatoms. The lowest BCUT2D eigenvalue weighted by Gasteiger charge is -2.34. The second-order valence-corrected chi connectivity index (χ2v) is 10.0. The summed E-state index contributed by atoms with van der Waals surface area (Å²) in [5.41, 5.74) is 4.58. The third-order valence-corrected chi connectivity index (χ3v) is 7.41. The summed E-state index contributed by atoms with van der Waals surface area (Å²) in [6.45, 7) is 3.71. The predicted octanol–water partition coefficient (Wildman–Crippen LogP) is 4.91. The van der Waals surface area contributed by atoms with Crippen molar-refractivity contribution in [2.24, 2.45) is 0 Å². The van der Waals surface area contributed by atoms with E-state index in [1.807, 2.05) is 38.1 Å². The van der Waals surface area contributed by atoms with E-state index in [9.17, 15) is 19.7 Å². The molecule has 0 saturated heterocycles. The van der Waals surface area contributed by atoms with Crippen molar-refractivity contribution in [3.8, 4) is 11.5 Å². The molecule has 0 fully saturated rings. The average molecular weight is 556 g/mol. The molecular formula is C31H31N4O6+. The summed E-state index contributed by atoms with van der Waals surface area (Å²) in [5, 5.41) is 17.8. The summed E-state index contributed by atoms with van der Waals surface area (Å²) in [5.74, 6) is 0.260. The van der Waals surface area contributed by atoms with Crippen molar-refractivity contribution in [3.05, 3.63) is 110 Å². The lowest BCUT2D eigenvalue weighted by Crippen LogP contribution is -2.36. The van der Waals surface area contributed by atoms with Crippen molar-refractivity contribution in [3.63, 3.8) is 0 Å². The number of allylic oxidation sites excluding steroid dienone is 3. The number of para-hydroxylation sites is 2. The summed E-state index contributed by atoms with van der Waals surface area (Å²) in [6, 6.07) is 15.4. The average Bonchev–Trinajstić information content (AvgIpc) is 2.96. The second kappa shape index (κ2) is 11.6. The van der Waals surface area contributed by atoms with Gasteiger partial charge in [-0.2, -0.15) is 0 Å². The molecule has 1 atom stereocenters. The van der Waals surface area contributed by atoms with Gasteiger partial charge in [0.05, 0.1) is 23.8 Å². The Kier molecular flexibility index (Phi) is 7.82.